The van der Waals surface area contributed by atoms with E-state index in [-0.39, 0.29) is 0 Å². The van der Waals surface area contributed by atoms with Crippen LogP contribution in [0.5, 0.6) is 0 Å². The van der Waals surface area contributed by atoms with Gasteiger partial charge in [0.15, 0.2) is 0 Å². The predicted molar refractivity (Wildman–Crippen MR) is 136 cm³/mol. The zero-order valence-corrected chi connectivity index (χ0v) is 20.4. The summed E-state index contributed by atoms with van der Waals surface area (Å²) >= 11 is 5.99. The normalized spacial score (nSPS) is 18.8. The number of rotatable bonds is 9. The number of unbranched alkanes of at least 4 members (excludes halogenated alkanes) is 4. The Morgan fingerprint density at radius 2 is 1.47 bits per heavy atom. The number of hydrogen-bond acceptors (Lipinski definition) is 2. The standard InChI is InChI=1S/C29H40ClNO/c30-28-16-14-27(15-17-28)29(32)18-21-31(22-19-29)20-8-3-1-2-5-9-24-12-13-25-10-6-4-7-11-26(25)23-24/h12-17,23,32H,1-11,18-22H2. The molecule has 0 unspecified atom stereocenters. The van der Waals surface area contributed by atoms with Gasteiger partial charge in [0.2, 0.25) is 0 Å². The fourth-order valence-corrected chi connectivity index (χ4v) is 5.64. The van der Waals surface area contributed by atoms with Gasteiger partial charge in [0, 0.05) is 18.1 Å². The molecular formula is C29H40ClNO. The van der Waals surface area contributed by atoms with Crippen LogP contribution < -0.4 is 0 Å². The number of hydrogen-bond donors (Lipinski definition) is 1. The van der Waals surface area contributed by atoms with Gasteiger partial charge < -0.3 is 10.0 Å². The van der Waals surface area contributed by atoms with Crippen molar-refractivity contribution in [2.24, 2.45) is 0 Å². The van der Waals surface area contributed by atoms with Crippen molar-refractivity contribution in [1.29, 1.82) is 0 Å². The zero-order chi connectivity index (χ0) is 22.2. The number of piperidine rings is 1. The van der Waals surface area contributed by atoms with Crippen molar-refractivity contribution in [2.75, 3.05) is 19.6 Å². The van der Waals surface area contributed by atoms with Gasteiger partial charge in [-0.3, -0.25) is 0 Å². The lowest BCUT2D eigenvalue weighted by Crippen LogP contribution is -2.42. The van der Waals surface area contributed by atoms with Crippen molar-refractivity contribution in [1.82, 2.24) is 4.90 Å². The monoisotopic (exact) mass is 453 g/mol. The Kier molecular flexibility index (Phi) is 8.68. The molecule has 1 aliphatic carbocycles. The largest absolute Gasteiger partial charge is 0.385 e. The molecule has 0 radical (unpaired) electrons. The van der Waals surface area contributed by atoms with Crippen molar-refractivity contribution < 1.29 is 5.11 Å². The summed E-state index contributed by atoms with van der Waals surface area (Å²) in [6.45, 7) is 3.14. The van der Waals surface area contributed by atoms with Gasteiger partial charge in [0.25, 0.3) is 0 Å². The maximum Gasteiger partial charge on any atom is 0.0920 e. The van der Waals surface area contributed by atoms with Crippen molar-refractivity contribution in [2.45, 2.75) is 89.1 Å². The van der Waals surface area contributed by atoms with Crippen LogP contribution in [0.15, 0.2) is 42.5 Å². The van der Waals surface area contributed by atoms with Crippen molar-refractivity contribution in [3.63, 3.8) is 0 Å². The highest BCUT2D eigenvalue weighted by atomic mass is 35.5. The Balaban J connectivity index is 1.08. The molecule has 32 heavy (non-hydrogen) atoms. The molecule has 0 aromatic heterocycles. The lowest BCUT2D eigenvalue weighted by atomic mass is 9.84. The van der Waals surface area contributed by atoms with Crippen LogP contribution in [-0.4, -0.2) is 29.6 Å². The lowest BCUT2D eigenvalue weighted by Gasteiger charge is -2.38. The molecule has 1 N–H and O–H groups in total. The molecule has 2 aromatic rings. The van der Waals surface area contributed by atoms with Crippen molar-refractivity contribution >= 4 is 11.6 Å². The van der Waals surface area contributed by atoms with E-state index < -0.39 is 5.60 Å². The average molecular weight is 454 g/mol. The van der Waals surface area contributed by atoms with Gasteiger partial charge in [-0.2, -0.15) is 0 Å². The number of fused-ring (bicyclic) bond motifs is 1. The topological polar surface area (TPSA) is 23.5 Å². The first-order valence-corrected chi connectivity index (χ1v) is 13.3. The third-order valence-electron chi connectivity index (χ3n) is 7.67. The first kappa shape index (κ1) is 23.8. The molecule has 2 nitrogen and oxygen atoms in total. The molecule has 174 valence electrons. The Labute approximate surface area is 200 Å². The van der Waals surface area contributed by atoms with Gasteiger partial charge in [-0.15, -0.1) is 0 Å². The number of likely N-dealkylation sites (tertiary alicyclic amines) is 1. The van der Waals surface area contributed by atoms with E-state index in [9.17, 15) is 5.11 Å². The Bertz CT molecular complexity index is 839. The van der Waals surface area contributed by atoms with E-state index in [4.69, 9.17) is 11.6 Å². The van der Waals surface area contributed by atoms with E-state index in [0.29, 0.717) is 0 Å². The molecule has 4 rings (SSSR count). The Morgan fingerprint density at radius 1 is 0.781 bits per heavy atom. The molecule has 1 saturated heterocycles. The number of benzene rings is 2. The second-order valence-electron chi connectivity index (χ2n) is 10.1. The van der Waals surface area contributed by atoms with Crippen LogP contribution in [-0.2, 0) is 24.9 Å². The lowest BCUT2D eigenvalue weighted by molar-refractivity contribution is -0.0261. The summed E-state index contributed by atoms with van der Waals surface area (Å²) < 4.78 is 0. The minimum Gasteiger partial charge on any atom is -0.385 e. The molecule has 0 amide bonds. The van der Waals surface area contributed by atoms with Gasteiger partial charge in [-0.25, -0.2) is 0 Å². The second-order valence-corrected chi connectivity index (χ2v) is 10.5. The summed E-state index contributed by atoms with van der Waals surface area (Å²) in [6, 6.07) is 15.0. The van der Waals surface area contributed by atoms with E-state index in [1.807, 2.05) is 24.3 Å². The fourth-order valence-electron chi connectivity index (χ4n) is 5.51. The van der Waals surface area contributed by atoms with E-state index in [1.54, 1.807) is 16.7 Å². The van der Waals surface area contributed by atoms with Crippen LogP contribution in [0.1, 0.15) is 86.5 Å². The maximum absolute atomic E-state index is 11.0. The smallest absolute Gasteiger partial charge is 0.0920 e. The number of aryl methyl sites for hydroxylation is 3. The van der Waals surface area contributed by atoms with Gasteiger partial charge in [-0.1, -0.05) is 67.6 Å². The Hall–Kier alpha value is -1.35. The highest BCUT2D eigenvalue weighted by molar-refractivity contribution is 6.30. The first-order chi connectivity index (χ1) is 15.6. The molecule has 0 saturated carbocycles. The minimum absolute atomic E-state index is 0.684. The molecule has 1 fully saturated rings. The van der Waals surface area contributed by atoms with E-state index in [2.05, 4.69) is 23.1 Å². The minimum atomic E-state index is -0.684. The molecule has 3 heteroatoms. The zero-order valence-electron chi connectivity index (χ0n) is 19.6. The summed E-state index contributed by atoms with van der Waals surface area (Å²) in [6.07, 6.45) is 16.2. The highest BCUT2D eigenvalue weighted by Gasteiger charge is 2.33. The predicted octanol–water partition coefficient (Wildman–Crippen LogP) is 7.09. The Morgan fingerprint density at radius 3 is 2.25 bits per heavy atom. The van der Waals surface area contributed by atoms with E-state index >= 15 is 0 Å². The van der Waals surface area contributed by atoms with Crippen LogP contribution in [0, 0.1) is 0 Å². The quantitative estimate of drug-likeness (QED) is 0.323. The molecule has 2 aromatic carbocycles. The SMILES string of the molecule is OC1(c2ccc(Cl)cc2)CCN(CCCCCCCc2ccc3c(c2)CCCCC3)CC1. The second kappa shape index (κ2) is 11.7. The van der Waals surface area contributed by atoms with Crippen LogP contribution in [0.25, 0.3) is 0 Å². The number of aliphatic hydroxyl groups is 1. The third-order valence-corrected chi connectivity index (χ3v) is 7.92. The maximum atomic E-state index is 11.0. The summed E-state index contributed by atoms with van der Waals surface area (Å²) in [5, 5.41) is 11.8. The molecule has 1 aliphatic heterocycles. The molecule has 1 heterocycles. The van der Waals surface area contributed by atoms with Gasteiger partial charge in [0.1, 0.15) is 0 Å². The summed E-state index contributed by atoms with van der Waals surface area (Å²) in [7, 11) is 0. The van der Waals surface area contributed by atoms with E-state index in [0.717, 1.165) is 36.5 Å². The highest BCUT2D eigenvalue weighted by Crippen LogP contribution is 2.33. The van der Waals surface area contributed by atoms with Gasteiger partial charge in [-0.05, 0) is 98.7 Å². The van der Waals surface area contributed by atoms with Crippen molar-refractivity contribution in [3.05, 3.63) is 69.7 Å². The summed E-state index contributed by atoms with van der Waals surface area (Å²) in [5.41, 5.74) is 5.11. The number of halogens is 1. The molecule has 2 aliphatic rings. The number of nitrogens with zero attached hydrogens (tertiary/aromatic N) is 1. The summed E-state index contributed by atoms with van der Waals surface area (Å²) in [5.74, 6) is 0. The van der Waals surface area contributed by atoms with Crippen LogP contribution >= 0.6 is 11.6 Å². The van der Waals surface area contributed by atoms with Gasteiger partial charge >= 0.3 is 0 Å². The fraction of sp³-hybridized carbons (Fsp3) is 0.586. The van der Waals surface area contributed by atoms with Crippen LogP contribution in [0.4, 0.5) is 0 Å². The third kappa shape index (κ3) is 6.59. The van der Waals surface area contributed by atoms with E-state index in [1.165, 1.54) is 77.2 Å². The van der Waals surface area contributed by atoms with Gasteiger partial charge in [0.05, 0.1) is 5.60 Å². The molecule has 0 bridgehead atoms. The molecule has 0 spiro atoms. The van der Waals surface area contributed by atoms with Crippen LogP contribution in [0.2, 0.25) is 5.02 Å². The summed E-state index contributed by atoms with van der Waals surface area (Å²) in [4.78, 5) is 2.53. The first-order valence-electron chi connectivity index (χ1n) is 12.9. The molecule has 0 atom stereocenters. The van der Waals surface area contributed by atoms with Crippen LogP contribution in [0.3, 0.4) is 0 Å². The average Bonchev–Trinajstić information content (AvgIpc) is 3.05. The van der Waals surface area contributed by atoms with Crippen molar-refractivity contribution in [3.8, 4) is 0 Å². The molecular weight excluding hydrogens is 414 g/mol.